The number of hydrogen-bond acceptors (Lipinski definition) is 2. The highest BCUT2D eigenvalue weighted by molar-refractivity contribution is 5.28. The number of rotatable bonds is 4. The molecule has 94 valence electrons. The van der Waals surface area contributed by atoms with Crippen molar-refractivity contribution in [2.24, 2.45) is 5.92 Å². The molecule has 0 bridgehead atoms. The molecule has 0 fully saturated rings. The summed E-state index contributed by atoms with van der Waals surface area (Å²) < 4.78 is 0. The van der Waals surface area contributed by atoms with Crippen molar-refractivity contribution in [2.45, 2.75) is 19.8 Å². The molecule has 1 atom stereocenters. The van der Waals surface area contributed by atoms with Gasteiger partial charge in [-0.25, -0.2) is 0 Å². The lowest BCUT2D eigenvalue weighted by Crippen LogP contribution is -2.34. The van der Waals surface area contributed by atoms with Gasteiger partial charge in [0.15, 0.2) is 0 Å². The van der Waals surface area contributed by atoms with Gasteiger partial charge in [-0.05, 0) is 43.5 Å². The summed E-state index contributed by atoms with van der Waals surface area (Å²) in [4.78, 5) is 2.61. The van der Waals surface area contributed by atoms with Crippen LogP contribution in [0.3, 0.4) is 0 Å². The highest BCUT2D eigenvalue weighted by atomic mass is 15.1. The van der Waals surface area contributed by atoms with Gasteiger partial charge in [-0.15, -0.1) is 0 Å². The topological polar surface area (TPSA) is 15.3 Å². The van der Waals surface area contributed by atoms with Gasteiger partial charge in [-0.1, -0.05) is 31.2 Å². The van der Waals surface area contributed by atoms with Crippen LogP contribution in [0.4, 0.5) is 0 Å². The van der Waals surface area contributed by atoms with Gasteiger partial charge >= 0.3 is 0 Å². The molecule has 1 aliphatic heterocycles. The normalized spacial score (nSPS) is 18.5. The molecule has 1 aliphatic rings. The van der Waals surface area contributed by atoms with E-state index in [1.165, 1.54) is 32.5 Å². The minimum Gasteiger partial charge on any atom is -0.319 e. The number of nitrogens with one attached hydrogen (secondary N) is 1. The first-order chi connectivity index (χ1) is 8.29. The molecular weight excluding hydrogens is 208 g/mol. The van der Waals surface area contributed by atoms with Crippen LogP contribution < -0.4 is 5.32 Å². The van der Waals surface area contributed by atoms with Gasteiger partial charge in [0.25, 0.3) is 0 Å². The zero-order chi connectivity index (χ0) is 12.1. The Morgan fingerprint density at radius 2 is 1.76 bits per heavy atom. The van der Waals surface area contributed by atoms with E-state index in [1.807, 2.05) is 7.05 Å². The van der Waals surface area contributed by atoms with Crippen molar-refractivity contribution < 1.29 is 0 Å². The molecule has 0 aliphatic carbocycles. The second-order valence-electron chi connectivity index (χ2n) is 5.23. The van der Waals surface area contributed by atoms with E-state index < -0.39 is 0 Å². The van der Waals surface area contributed by atoms with Gasteiger partial charge < -0.3 is 10.2 Å². The lowest BCUT2D eigenvalue weighted by molar-refractivity contribution is 0.246. The molecule has 0 saturated heterocycles. The third-order valence-electron chi connectivity index (χ3n) is 3.64. The number of hydrogen-bond donors (Lipinski definition) is 1. The lowest BCUT2D eigenvalue weighted by atomic mass is 10.0. The molecule has 0 spiro atoms. The Kier molecular flexibility index (Phi) is 4.57. The number of benzene rings is 1. The maximum Gasteiger partial charge on any atom is 0.00222 e. The Labute approximate surface area is 105 Å². The van der Waals surface area contributed by atoms with Crippen molar-refractivity contribution >= 4 is 0 Å². The zero-order valence-electron chi connectivity index (χ0n) is 11.1. The molecule has 17 heavy (non-hydrogen) atoms. The van der Waals surface area contributed by atoms with Crippen LogP contribution in [0.15, 0.2) is 24.3 Å². The summed E-state index contributed by atoms with van der Waals surface area (Å²) >= 11 is 0. The van der Waals surface area contributed by atoms with Crippen molar-refractivity contribution in [3.63, 3.8) is 0 Å². The van der Waals surface area contributed by atoms with Gasteiger partial charge in [0.05, 0.1) is 0 Å². The standard InChI is InChI=1S/C15H24N2/c1-13(11-16-2)12-17-9-7-14-5-3-4-6-15(14)8-10-17/h3-6,13,16H,7-12H2,1-2H3. The molecule has 2 heteroatoms. The summed E-state index contributed by atoms with van der Waals surface area (Å²) in [5.74, 6) is 0.737. The quantitative estimate of drug-likeness (QED) is 0.853. The highest BCUT2D eigenvalue weighted by Crippen LogP contribution is 2.16. The van der Waals surface area contributed by atoms with Crippen LogP contribution in [0.5, 0.6) is 0 Å². The maximum atomic E-state index is 3.26. The molecule has 2 nitrogen and oxygen atoms in total. The van der Waals surface area contributed by atoms with Gasteiger partial charge in [0, 0.05) is 19.6 Å². The van der Waals surface area contributed by atoms with E-state index in [0.29, 0.717) is 0 Å². The summed E-state index contributed by atoms with van der Waals surface area (Å²) in [6.07, 6.45) is 2.42. The average Bonchev–Trinajstić information content (AvgIpc) is 2.53. The maximum absolute atomic E-state index is 3.26. The lowest BCUT2D eigenvalue weighted by Gasteiger charge is -2.23. The molecule has 1 heterocycles. The van der Waals surface area contributed by atoms with E-state index in [9.17, 15) is 0 Å². The summed E-state index contributed by atoms with van der Waals surface area (Å²) in [6.45, 7) is 7.09. The van der Waals surface area contributed by atoms with Gasteiger partial charge in [-0.2, -0.15) is 0 Å². The van der Waals surface area contributed by atoms with E-state index in [1.54, 1.807) is 11.1 Å². The van der Waals surface area contributed by atoms with Crippen molar-refractivity contribution in [1.82, 2.24) is 10.2 Å². The molecule has 2 rings (SSSR count). The molecule has 0 amide bonds. The Bertz CT molecular complexity index is 322. The van der Waals surface area contributed by atoms with Gasteiger partial charge in [-0.3, -0.25) is 0 Å². The predicted molar refractivity (Wildman–Crippen MR) is 73.4 cm³/mol. The first kappa shape index (κ1) is 12.6. The number of fused-ring (bicyclic) bond motifs is 1. The molecule has 1 unspecified atom stereocenters. The van der Waals surface area contributed by atoms with Crippen molar-refractivity contribution in [1.29, 1.82) is 0 Å². The Hall–Kier alpha value is -0.860. The minimum atomic E-state index is 0.737. The molecule has 1 N–H and O–H groups in total. The largest absolute Gasteiger partial charge is 0.319 e. The van der Waals surface area contributed by atoms with Gasteiger partial charge in [0.1, 0.15) is 0 Å². The molecular formula is C15H24N2. The summed E-state index contributed by atoms with van der Waals surface area (Å²) in [6, 6.07) is 8.90. The van der Waals surface area contributed by atoms with Crippen molar-refractivity contribution in [3.8, 4) is 0 Å². The SMILES string of the molecule is CNCC(C)CN1CCc2ccccc2CC1. The Morgan fingerprint density at radius 3 is 2.29 bits per heavy atom. The summed E-state index contributed by atoms with van der Waals surface area (Å²) in [7, 11) is 2.04. The summed E-state index contributed by atoms with van der Waals surface area (Å²) in [5.41, 5.74) is 3.10. The molecule has 0 saturated carbocycles. The van der Waals surface area contributed by atoms with E-state index in [4.69, 9.17) is 0 Å². The summed E-state index contributed by atoms with van der Waals surface area (Å²) in [5, 5.41) is 3.26. The fourth-order valence-electron chi connectivity index (χ4n) is 2.75. The van der Waals surface area contributed by atoms with Crippen LogP contribution in [0.1, 0.15) is 18.1 Å². The van der Waals surface area contributed by atoms with Crippen LogP contribution in [0.2, 0.25) is 0 Å². The van der Waals surface area contributed by atoms with Crippen LogP contribution in [0, 0.1) is 5.92 Å². The van der Waals surface area contributed by atoms with Crippen molar-refractivity contribution in [3.05, 3.63) is 35.4 Å². The first-order valence-corrected chi connectivity index (χ1v) is 6.73. The highest BCUT2D eigenvalue weighted by Gasteiger charge is 2.15. The zero-order valence-corrected chi connectivity index (χ0v) is 11.1. The first-order valence-electron chi connectivity index (χ1n) is 6.73. The Morgan fingerprint density at radius 1 is 1.18 bits per heavy atom. The Balaban J connectivity index is 1.90. The molecule has 1 aromatic carbocycles. The average molecular weight is 232 g/mol. The van der Waals surface area contributed by atoms with Crippen LogP contribution in [0.25, 0.3) is 0 Å². The third-order valence-corrected chi connectivity index (χ3v) is 3.64. The van der Waals surface area contributed by atoms with Gasteiger partial charge in [0.2, 0.25) is 0 Å². The van der Waals surface area contributed by atoms with Crippen molar-refractivity contribution in [2.75, 3.05) is 33.2 Å². The van der Waals surface area contributed by atoms with E-state index >= 15 is 0 Å². The van der Waals surface area contributed by atoms with Crippen LogP contribution in [-0.4, -0.2) is 38.1 Å². The number of nitrogens with zero attached hydrogens (tertiary/aromatic N) is 1. The van der Waals surface area contributed by atoms with E-state index in [0.717, 1.165) is 12.5 Å². The van der Waals surface area contributed by atoms with Crippen LogP contribution >= 0.6 is 0 Å². The fraction of sp³-hybridized carbons (Fsp3) is 0.600. The van der Waals surface area contributed by atoms with E-state index in [-0.39, 0.29) is 0 Å². The predicted octanol–water partition coefficient (Wildman–Crippen LogP) is 1.94. The third kappa shape index (κ3) is 3.55. The minimum absolute atomic E-state index is 0.737. The molecule has 1 aromatic rings. The monoisotopic (exact) mass is 232 g/mol. The fourth-order valence-corrected chi connectivity index (χ4v) is 2.75. The smallest absolute Gasteiger partial charge is 0.00222 e. The van der Waals surface area contributed by atoms with E-state index in [2.05, 4.69) is 41.4 Å². The second kappa shape index (κ2) is 6.18. The van der Waals surface area contributed by atoms with Crippen LogP contribution in [-0.2, 0) is 12.8 Å². The second-order valence-corrected chi connectivity index (χ2v) is 5.23. The molecule has 0 aromatic heterocycles. The molecule has 0 radical (unpaired) electrons.